The predicted molar refractivity (Wildman–Crippen MR) is 41.3 cm³/mol. The van der Waals surface area contributed by atoms with Crippen LogP contribution < -0.4 is 5.32 Å². The maximum atomic E-state index is 8.97. The lowest BCUT2D eigenvalue weighted by Gasteiger charge is -2.31. The van der Waals surface area contributed by atoms with Gasteiger partial charge < -0.3 is 15.2 Å². The number of aliphatic hydroxyl groups is 1. The normalized spacial score (nSPS) is 39.0. The Kier molecular flexibility index (Phi) is 2.11. The first-order valence-corrected chi connectivity index (χ1v) is 4.37. The van der Waals surface area contributed by atoms with Crippen molar-refractivity contribution in [2.24, 2.45) is 5.92 Å². The van der Waals surface area contributed by atoms with Crippen molar-refractivity contribution in [2.75, 3.05) is 19.8 Å². The first-order valence-electron chi connectivity index (χ1n) is 4.37. The summed E-state index contributed by atoms with van der Waals surface area (Å²) < 4.78 is 5.43. The van der Waals surface area contributed by atoms with Crippen molar-refractivity contribution < 1.29 is 9.84 Å². The molecule has 2 rings (SSSR count). The molecule has 2 fully saturated rings. The van der Waals surface area contributed by atoms with E-state index < -0.39 is 0 Å². The zero-order chi connectivity index (χ0) is 7.68. The molecule has 64 valence electrons. The molecule has 2 atom stereocenters. The molecule has 0 aromatic heterocycles. The molecule has 3 nitrogen and oxygen atoms in total. The Hall–Kier alpha value is -0.120. The average molecular weight is 157 g/mol. The Balaban J connectivity index is 1.91. The van der Waals surface area contributed by atoms with Crippen LogP contribution in [0.4, 0.5) is 0 Å². The van der Waals surface area contributed by atoms with E-state index in [0.717, 1.165) is 19.1 Å². The van der Waals surface area contributed by atoms with Gasteiger partial charge in [0.05, 0.1) is 19.3 Å². The summed E-state index contributed by atoms with van der Waals surface area (Å²) in [6, 6.07) is 0.425. The molecule has 2 N–H and O–H groups in total. The smallest absolute Gasteiger partial charge is 0.0961 e. The Morgan fingerprint density at radius 2 is 2.27 bits per heavy atom. The summed E-state index contributed by atoms with van der Waals surface area (Å²) in [4.78, 5) is 0. The highest BCUT2D eigenvalue weighted by atomic mass is 16.5. The van der Waals surface area contributed by atoms with Crippen molar-refractivity contribution in [3.63, 3.8) is 0 Å². The largest absolute Gasteiger partial charge is 0.394 e. The van der Waals surface area contributed by atoms with Gasteiger partial charge in [-0.1, -0.05) is 0 Å². The van der Waals surface area contributed by atoms with Gasteiger partial charge in [-0.15, -0.1) is 0 Å². The standard InChI is InChI=1S/C8H15NO2/c10-5-7-8(6-1-2-6)9-3-4-11-7/h6-10H,1-5H2. The van der Waals surface area contributed by atoms with Crippen LogP contribution in [0.2, 0.25) is 0 Å². The van der Waals surface area contributed by atoms with Gasteiger partial charge in [-0.2, -0.15) is 0 Å². The van der Waals surface area contributed by atoms with Crippen molar-refractivity contribution in [2.45, 2.75) is 25.0 Å². The first-order chi connectivity index (χ1) is 5.42. The Labute approximate surface area is 66.7 Å². The van der Waals surface area contributed by atoms with E-state index in [-0.39, 0.29) is 12.7 Å². The average Bonchev–Trinajstić information content (AvgIpc) is 2.87. The molecule has 1 aliphatic heterocycles. The molecule has 0 amide bonds. The van der Waals surface area contributed by atoms with E-state index in [1.807, 2.05) is 0 Å². The van der Waals surface area contributed by atoms with Crippen molar-refractivity contribution in [3.05, 3.63) is 0 Å². The summed E-state index contributed by atoms with van der Waals surface area (Å²) in [5.74, 6) is 0.771. The Morgan fingerprint density at radius 1 is 1.45 bits per heavy atom. The molecule has 1 saturated heterocycles. The summed E-state index contributed by atoms with van der Waals surface area (Å²) in [5.41, 5.74) is 0. The SMILES string of the molecule is OCC1OCCNC1C1CC1. The van der Waals surface area contributed by atoms with Gasteiger partial charge in [0.1, 0.15) is 0 Å². The number of hydrogen-bond acceptors (Lipinski definition) is 3. The fourth-order valence-corrected chi connectivity index (χ4v) is 1.76. The van der Waals surface area contributed by atoms with Gasteiger partial charge in [-0.25, -0.2) is 0 Å². The molecule has 2 aliphatic rings. The van der Waals surface area contributed by atoms with Crippen LogP contribution in [0, 0.1) is 5.92 Å². The number of nitrogens with one attached hydrogen (secondary N) is 1. The second kappa shape index (κ2) is 3.09. The molecule has 0 spiro atoms. The summed E-state index contributed by atoms with van der Waals surface area (Å²) >= 11 is 0. The van der Waals surface area contributed by atoms with Crippen LogP contribution in [0.15, 0.2) is 0 Å². The van der Waals surface area contributed by atoms with Gasteiger partial charge in [0.2, 0.25) is 0 Å². The van der Waals surface area contributed by atoms with Crippen LogP contribution in [0.3, 0.4) is 0 Å². The monoisotopic (exact) mass is 157 g/mol. The zero-order valence-electron chi connectivity index (χ0n) is 6.62. The van der Waals surface area contributed by atoms with Gasteiger partial charge in [0, 0.05) is 12.6 Å². The number of ether oxygens (including phenoxy) is 1. The number of rotatable bonds is 2. The van der Waals surface area contributed by atoms with Crippen LogP contribution in [-0.4, -0.2) is 37.0 Å². The quantitative estimate of drug-likeness (QED) is 0.580. The predicted octanol–water partition coefficient (Wildman–Crippen LogP) is -0.254. The van der Waals surface area contributed by atoms with Crippen LogP contribution in [0.5, 0.6) is 0 Å². The van der Waals surface area contributed by atoms with Gasteiger partial charge in [-0.05, 0) is 18.8 Å². The molecule has 0 aromatic carbocycles. The van der Waals surface area contributed by atoms with Crippen LogP contribution in [0.25, 0.3) is 0 Å². The molecule has 0 radical (unpaired) electrons. The number of hydrogen-bond donors (Lipinski definition) is 2. The van der Waals surface area contributed by atoms with Crippen LogP contribution >= 0.6 is 0 Å². The second-order valence-electron chi connectivity index (χ2n) is 3.41. The molecule has 11 heavy (non-hydrogen) atoms. The maximum absolute atomic E-state index is 8.97. The van der Waals surface area contributed by atoms with Crippen molar-refractivity contribution in [1.29, 1.82) is 0 Å². The lowest BCUT2D eigenvalue weighted by molar-refractivity contribution is -0.0399. The first kappa shape index (κ1) is 7.53. The van der Waals surface area contributed by atoms with E-state index in [4.69, 9.17) is 9.84 Å². The summed E-state index contributed by atoms with van der Waals surface area (Å²) in [6.07, 6.45) is 2.66. The summed E-state index contributed by atoms with van der Waals surface area (Å²) in [5, 5.41) is 12.4. The van der Waals surface area contributed by atoms with Crippen LogP contribution in [0.1, 0.15) is 12.8 Å². The van der Waals surface area contributed by atoms with Crippen molar-refractivity contribution in [1.82, 2.24) is 5.32 Å². The zero-order valence-corrected chi connectivity index (χ0v) is 6.62. The highest BCUT2D eigenvalue weighted by Crippen LogP contribution is 2.35. The van der Waals surface area contributed by atoms with Crippen molar-refractivity contribution >= 4 is 0 Å². The number of aliphatic hydroxyl groups excluding tert-OH is 1. The summed E-state index contributed by atoms with van der Waals surface area (Å²) in [7, 11) is 0. The molecule has 3 heteroatoms. The van der Waals surface area contributed by atoms with E-state index in [9.17, 15) is 0 Å². The van der Waals surface area contributed by atoms with Gasteiger partial charge in [-0.3, -0.25) is 0 Å². The molecule has 1 heterocycles. The summed E-state index contributed by atoms with van der Waals surface area (Å²) in [6.45, 7) is 1.85. The second-order valence-corrected chi connectivity index (χ2v) is 3.41. The van der Waals surface area contributed by atoms with Gasteiger partial charge >= 0.3 is 0 Å². The Morgan fingerprint density at radius 3 is 2.91 bits per heavy atom. The Bertz CT molecular complexity index is 136. The molecule has 2 unspecified atom stereocenters. The van der Waals surface area contributed by atoms with E-state index in [1.54, 1.807) is 0 Å². The third-order valence-corrected chi connectivity index (χ3v) is 2.52. The number of morpholine rings is 1. The topological polar surface area (TPSA) is 41.5 Å². The molecule has 1 aliphatic carbocycles. The lowest BCUT2D eigenvalue weighted by atomic mass is 10.1. The molecule has 1 saturated carbocycles. The molecular formula is C8H15NO2. The van der Waals surface area contributed by atoms with Gasteiger partial charge in [0.15, 0.2) is 0 Å². The minimum absolute atomic E-state index is 0.0521. The highest BCUT2D eigenvalue weighted by molar-refractivity contribution is 4.93. The molecule has 0 aromatic rings. The molecular weight excluding hydrogens is 142 g/mol. The van der Waals surface area contributed by atoms with Crippen LogP contribution in [-0.2, 0) is 4.74 Å². The van der Waals surface area contributed by atoms with E-state index >= 15 is 0 Å². The maximum Gasteiger partial charge on any atom is 0.0961 e. The third kappa shape index (κ3) is 1.55. The minimum atomic E-state index is 0.0521. The fourth-order valence-electron chi connectivity index (χ4n) is 1.76. The van der Waals surface area contributed by atoms with Gasteiger partial charge in [0.25, 0.3) is 0 Å². The highest BCUT2D eigenvalue weighted by Gasteiger charge is 2.38. The molecule has 0 bridgehead atoms. The minimum Gasteiger partial charge on any atom is -0.394 e. The fraction of sp³-hybridized carbons (Fsp3) is 1.00. The van der Waals surface area contributed by atoms with E-state index in [1.165, 1.54) is 12.8 Å². The lowest BCUT2D eigenvalue weighted by Crippen LogP contribution is -2.51. The van der Waals surface area contributed by atoms with Crippen molar-refractivity contribution in [3.8, 4) is 0 Å². The van der Waals surface area contributed by atoms with E-state index in [2.05, 4.69) is 5.32 Å². The third-order valence-electron chi connectivity index (χ3n) is 2.52. The van der Waals surface area contributed by atoms with E-state index in [0.29, 0.717) is 6.04 Å².